The van der Waals surface area contributed by atoms with Gasteiger partial charge >= 0.3 is 0 Å². The molecule has 1 heterocycles. The van der Waals surface area contributed by atoms with Crippen LogP contribution in [0.3, 0.4) is 0 Å². The number of aromatic hydroxyl groups is 1. The number of aromatic nitrogens is 1. The smallest absolute Gasteiger partial charge is 0.295 e. The molecule has 10 heteroatoms. The average Bonchev–Trinajstić information content (AvgIpc) is 3.15. The highest BCUT2D eigenvalue weighted by Crippen LogP contribution is 2.39. The molecule has 0 bridgehead atoms. The summed E-state index contributed by atoms with van der Waals surface area (Å²) in [5.41, 5.74) is 1.87. The Kier molecular flexibility index (Phi) is 7.53. The summed E-state index contributed by atoms with van der Waals surface area (Å²) in [5, 5.41) is 20.1. The zero-order valence-corrected chi connectivity index (χ0v) is 21.4. The van der Waals surface area contributed by atoms with Crippen LogP contribution in [0.25, 0.3) is 10.9 Å². The summed E-state index contributed by atoms with van der Waals surface area (Å²) in [5.74, 6) is -0.860. The maximum absolute atomic E-state index is 12.8. The molecule has 0 aliphatic rings. The first-order valence-electron chi connectivity index (χ1n) is 11.4. The number of carbonyl (C=O) groups is 1. The van der Waals surface area contributed by atoms with Gasteiger partial charge in [-0.05, 0) is 42.0 Å². The van der Waals surface area contributed by atoms with E-state index in [1.54, 1.807) is 42.7 Å². The fourth-order valence-corrected chi connectivity index (χ4v) is 5.59. The van der Waals surface area contributed by atoms with Crippen molar-refractivity contribution in [2.75, 3.05) is 13.1 Å². The van der Waals surface area contributed by atoms with Crippen LogP contribution < -0.4 is 0 Å². The number of nitrogens with zero attached hydrogens (tertiary/aromatic N) is 4. The molecular weight excluding hydrogens is 500 g/mol. The summed E-state index contributed by atoms with van der Waals surface area (Å²) in [6.45, 7) is 4.49. The quantitative estimate of drug-likeness (QED) is 0.285. The number of fused-ring (bicyclic) bond motifs is 1. The van der Waals surface area contributed by atoms with Gasteiger partial charge in [-0.25, -0.2) is 8.42 Å². The van der Waals surface area contributed by atoms with Gasteiger partial charge in [-0.1, -0.05) is 61.8 Å². The normalized spacial score (nSPS) is 12.1. The molecule has 0 fully saturated rings. The van der Waals surface area contributed by atoms with Crippen LogP contribution in [0, 0.1) is 0 Å². The van der Waals surface area contributed by atoms with Crippen LogP contribution in [-0.2, 0) is 16.6 Å². The van der Waals surface area contributed by atoms with Crippen molar-refractivity contribution in [3.05, 3.63) is 88.9 Å². The second kappa shape index (κ2) is 10.6. The fraction of sp³-hybridized carbons (Fsp3) is 0.192. The van der Waals surface area contributed by atoms with Gasteiger partial charge in [-0.2, -0.15) is 4.31 Å². The number of sulfonamides is 1. The Bertz CT molecular complexity index is 1540. The molecule has 0 saturated heterocycles. The molecule has 1 aromatic heterocycles. The predicted octanol–water partition coefficient (Wildman–Crippen LogP) is 6.00. The molecule has 0 radical (unpaired) electrons. The molecule has 0 spiro atoms. The lowest BCUT2D eigenvalue weighted by Gasteiger charge is -2.18. The highest BCUT2D eigenvalue weighted by atomic mass is 35.5. The van der Waals surface area contributed by atoms with Crippen LogP contribution in [-0.4, -0.2) is 41.4 Å². The maximum atomic E-state index is 12.8. The number of para-hydroxylation sites is 1. The number of amides is 1. The Balaban J connectivity index is 1.67. The average molecular weight is 525 g/mol. The fourth-order valence-electron chi connectivity index (χ4n) is 3.96. The molecule has 0 atom stereocenters. The van der Waals surface area contributed by atoms with Crippen LogP contribution in [0.4, 0.5) is 5.69 Å². The lowest BCUT2D eigenvalue weighted by molar-refractivity contribution is 0.0995. The molecule has 186 valence electrons. The molecule has 1 amide bonds. The van der Waals surface area contributed by atoms with E-state index >= 15 is 0 Å². The lowest BCUT2D eigenvalue weighted by Crippen LogP contribution is -2.30. The van der Waals surface area contributed by atoms with Crippen molar-refractivity contribution < 1.29 is 18.3 Å². The Morgan fingerprint density at radius 1 is 1.00 bits per heavy atom. The summed E-state index contributed by atoms with van der Waals surface area (Å²) in [4.78, 5) is 12.8. The van der Waals surface area contributed by atoms with Gasteiger partial charge in [-0.15, -0.1) is 10.2 Å². The van der Waals surface area contributed by atoms with Crippen molar-refractivity contribution in [3.8, 4) is 5.88 Å². The van der Waals surface area contributed by atoms with E-state index in [1.807, 2.05) is 24.3 Å². The van der Waals surface area contributed by atoms with E-state index in [4.69, 9.17) is 11.6 Å². The van der Waals surface area contributed by atoms with E-state index in [-0.39, 0.29) is 22.0 Å². The number of azo groups is 1. The van der Waals surface area contributed by atoms with E-state index in [9.17, 15) is 18.3 Å². The Labute approximate surface area is 214 Å². The molecule has 4 aromatic rings. The third-order valence-corrected chi connectivity index (χ3v) is 8.13. The number of hydrogen-bond acceptors (Lipinski definition) is 5. The van der Waals surface area contributed by atoms with Gasteiger partial charge in [0.05, 0.1) is 17.0 Å². The topological polar surface area (TPSA) is 104 Å². The van der Waals surface area contributed by atoms with Crippen molar-refractivity contribution in [3.63, 3.8) is 0 Å². The first-order chi connectivity index (χ1) is 17.3. The second-order valence-corrected chi connectivity index (χ2v) is 10.4. The summed E-state index contributed by atoms with van der Waals surface area (Å²) in [6.07, 6.45) is 0. The van der Waals surface area contributed by atoms with Gasteiger partial charge in [0.1, 0.15) is 0 Å². The van der Waals surface area contributed by atoms with E-state index in [1.165, 1.54) is 28.6 Å². The molecule has 0 saturated carbocycles. The van der Waals surface area contributed by atoms with Crippen molar-refractivity contribution in [2.45, 2.75) is 25.3 Å². The third kappa shape index (κ3) is 5.04. The van der Waals surface area contributed by atoms with Crippen molar-refractivity contribution in [1.82, 2.24) is 8.87 Å². The predicted molar refractivity (Wildman–Crippen MR) is 140 cm³/mol. The van der Waals surface area contributed by atoms with Crippen LogP contribution >= 0.6 is 11.6 Å². The Morgan fingerprint density at radius 3 is 2.39 bits per heavy atom. The molecule has 0 aliphatic heterocycles. The van der Waals surface area contributed by atoms with E-state index < -0.39 is 15.9 Å². The van der Waals surface area contributed by atoms with Crippen molar-refractivity contribution in [2.24, 2.45) is 10.2 Å². The standard InChI is InChI=1S/C26H25ClN4O4S/c1-3-30(4-2)36(34,35)21-9-7-8-19(16-21)25(32)29-28-24-22-10-5-6-11-23(22)31(26(24)33)17-18-12-14-20(27)15-13-18/h5-16,33H,3-4,17H2,1-2H3. The first kappa shape index (κ1) is 25.6. The highest BCUT2D eigenvalue weighted by molar-refractivity contribution is 7.89. The zero-order valence-electron chi connectivity index (χ0n) is 19.8. The highest BCUT2D eigenvalue weighted by Gasteiger charge is 2.23. The monoisotopic (exact) mass is 524 g/mol. The first-order valence-corrected chi connectivity index (χ1v) is 13.2. The van der Waals surface area contributed by atoms with Gasteiger partial charge in [0, 0.05) is 29.1 Å². The van der Waals surface area contributed by atoms with Gasteiger partial charge in [0.25, 0.3) is 5.91 Å². The number of hydrogen-bond donors (Lipinski definition) is 1. The number of rotatable bonds is 8. The minimum atomic E-state index is -3.73. The summed E-state index contributed by atoms with van der Waals surface area (Å²) in [7, 11) is -3.73. The largest absolute Gasteiger partial charge is 0.493 e. The van der Waals surface area contributed by atoms with Crippen LogP contribution in [0.5, 0.6) is 5.88 Å². The van der Waals surface area contributed by atoms with Crippen LogP contribution in [0.1, 0.15) is 29.8 Å². The van der Waals surface area contributed by atoms with Crippen LogP contribution in [0.2, 0.25) is 5.02 Å². The molecule has 3 aromatic carbocycles. The Hall–Kier alpha value is -3.53. The van der Waals surface area contributed by atoms with E-state index in [0.29, 0.717) is 30.0 Å². The maximum Gasteiger partial charge on any atom is 0.295 e. The molecule has 8 nitrogen and oxygen atoms in total. The van der Waals surface area contributed by atoms with E-state index in [0.717, 1.165) is 11.1 Å². The van der Waals surface area contributed by atoms with Gasteiger partial charge in [0.2, 0.25) is 15.9 Å². The summed E-state index contributed by atoms with van der Waals surface area (Å²) in [6, 6.07) is 20.2. The second-order valence-electron chi connectivity index (χ2n) is 8.02. The third-order valence-electron chi connectivity index (χ3n) is 5.84. The van der Waals surface area contributed by atoms with Crippen molar-refractivity contribution in [1.29, 1.82) is 0 Å². The minimum Gasteiger partial charge on any atom is -0.493 e. The molecule has 0 aliphatic carbocycles. The van der Waals surface area contributed by atoms with E-state index in [2.05, 4.69) is 10.2 Å². The summed E-state index contributed by atoms with van der Waals surface area (Å²) >= 11 is 5.98. The minimum absolute atomic E-state index is 0.00895. The molecular formula is C26H25ClN4O4S. The van der Waals surface area contributed by atoms with Gasteiger partial charge in [0.15, 0.2) is 5.69 Å². The number of halogens is 1. The molecule has 36 heavy (non-hydrogen) atoms. The summed E-state index contributed by atoms with van der Waals surface area (Å²) < 4.78 is 28.6. The number of benzene rings is 3. The van der Waals surface area contributed by atoms with Gasteiger partial charge < -0.3 is 9.67 Å². The van der Waals surface area contributed by atoms with Crippen LogP contribution in [0.15, 0.2) is 87.9 Å². The lowest BCUT2D eigenvalue weighted by atomic mass is 10.2. The number of carbonyl (C=O) groups excluding carboxylic acids is 1. The zero-order chi connectivity index (χ0) is 25.9. The Morgan fingerprint density at radius 2 is 1.69 bits per heavy atom. The molecule has 4 rings (SSSR count). The molecule has 1 N–H and O–H groups in total. The van der Waals surface area contributed by atoms with Crippen molar-refractivity contribution >= 4 is 44.1 Å². The molecule has 0 unspecified atom stereocenters. The SMILES string of the molecule is CCN(CC)S(=O)(=O)c1cccc(C(=O)N=Nc2c(O)n(Cc3ccc(Cl)cc3)c3ccccc23)c1. The van der Waals surface area contributed by atoms with Gasteiger partial charge in [-0.3, -0.25) is 4.79 Å².